The smallest absolute Gasteiger partial charge is 0.276 e. The Kier molecular flexibility index (Phi) is 7.17. The molecule has 1 fully saturated rings. The van der Waals surface area contributed by atoms with Crippen molar-refractivity contribution in [2.45, 2.75) is 50.5 Å². The van der Waals surface area contributed by atoms with Crippen LogP contribution in [0.3, 0.4) is 0 Å². The summed E-state index contributed by atoms with van der Waals surface area (Å²) in [5, 5.41) is 27.1. The van der Waals surface area contributed by atoms with Crippen molar-refractivity contribution in [3.8, 4) is 0 Å². The van der Waals surface area contributed by atoms with Crippen LogP contribution < -0.4 is 11.1 Å². The zero-order valence-electron chi connectivity index (χ0n) is 19.5. The molecule has 10 nitrogen and oxygen atoms in total. The Labute approximate surface area is 210 Å². The number of oxime groups is 1. The number of allylic oxidation sites excluding steroid dienone is 1. The highest BCUT2D eigenvalue weighted by Crippen LogP contribution is 2.40. The molecule has 186 valence electrons. The molecule has 0 bridgehead atoms. The van der Waals surface area contributed by atoms with E-state index >= 15 is 0 Å². The number of thioether (sulfide) groups is 1. The number of benzene rings is 1. The van der Waals surface area contributed by atoms with E-state index in [0.29, 0.717) is 0 Å². The number of nitrogens with zero attached hydrogens (tertiary/aromatic N) is 3. The van der Waals surface area contributed by atoms with Crippen LogP contribution in [0, 0.1) is 0 Å². The van der Waals surface area contributed by atoms with E-state index in [0.717, 1.165) is 29.2 Å². The van der Waals surface area contributed by atoms with Gasteiger partial charge in [-0.15, -0.1) is 23.1 Å². The summed E-state index contributed by atoms with van der Waals surface area (Å²) in [4.78, 5) is 37.2. The summed E-state index contributed by atoms with van der Waals surface area (Å²) >= 11 is 2.71. The number of aromatic nitrogens is 1. The second-order valence-electron chi connectivity index (χ2n) is 8.79. The molecule has 35 heavy (non-hydrogen) atoms. The summed E-state index contributed by atoms with van der Waals surface area (Å²) in [5.74, 6) is -0.131. The molecule has 1 saturated heterocycles. The average molecular weight is 518 g/mol. The van der Waals surface area contributed by atoms with Crippen LogP contribution in [-0.4, -0.2) is 66.7 Å². The summed E-state index contributed by atoms with van der Waals surface area (Å²) in [7, 11) is 0. The van der Waals surface area contributed by atoms with Gasteiger partial charge in [-0.25, -0.2) is 4.98 Å². The van der Waals surface area contributed by atoms with Gasteiger partial charge in [-0.05, 0) is 38.3 Å². The number of amides is 2. The molecule has 1 aromatic heterocycles. The lowest BCUT2D eigenvalue weighted by atomic mass is 9.99. The van der Waals surface area contributed by atoms with Crippen LogP contribution in [0.25, 0.3) is 0 Å². The summed E-state index contributed by atoms with van der Waals surface area (Å²) in [5.41, 5.74) is 7.45. The lowest BCUT2D eigenvalue weighted by molar-refractivity contribution is -0.192. The van der Waals surface area contributed by atoms with Crippen LogP contribution in [0.1, 0.15) is 32.0 Å². The van der Waals surface area contributed by atoms with E-state index in [1.807, 2.05) is 25.1 Å². The van der Waals surface area contributed by atoms with Crippen molar-refractivity contribution >= 4 is 45.8 Å². The summed E-state index contributed by atoms with van der Waals surface area (Å²) in [6.45, 7) is 4.74. The minimum absolute atomic E-state index is 0.161. The molecule has 0 spiro atoms. The van der Waals surface area contributed by atoms with Gasteiger partial charge in [0.1, 0.15) is 17.1 Å². The Balaban J connectivity index is 1.49. The topological polar surface area (TPSA) is 150 Å². The molecular weight excluding hydrogens is 490 g/mol. The normalized spacial score (nSPS) is 20.6. The van der Waals surface area contributed by atoms with Crippen molar-refractivity contribution in [1.29, 1.82) is 0 Å². The third-order valence-corrected chi connectivity index (χ3v) is 7.88. The fraction of sp³-hybridized carbons (Fsp3) is 0.391. The predicted octanol–water partition coefficient (Wildman–Crippen LogP) is 1.45. The van der Waals surface area contributed by atoms with Crippen molar-refractivity contribution in [3.63, 3.8) is 0 Å². The maximum atomic E-state index is 13.1. The Bertz CT molecular complexity index is 1180. The first-order chi connectivity index (χ1) is 16.6. The highest BCUT2D eigenvalue weighted by atomic mass is 32.2. The van der Waals surface area contributed by atoms with Crippen LogP contribution in [0.15, 0.2) is 52.1 Å². The maximum Gasteiger partial charge on any atom is 0.276 e. The molecule has 2 atom stereocenters. The van der Waals surface area contributed by atoms with Gasteiger partial charge in [0.2, 0.25) is 0 Å². The minimum Gasteiger partial charge on any atom is -0.384 e. The number of hydrogen-bond donors (Lipinski definition) is 4. The molecule has 3 heterocycles. The Morgan fingerprint density at radius 3 is 2.71 bits per heavy atom. The van der Waals surface area contributed by atoms with Gasteiger partial charge < -0.3 is 26.1 Å². The number of β-lactam (4-membered cyclic amide) rings is 1. The monoisotopic (exact) mass is 517 g/mol. The van der Waals surface area contributed by atoms with Crippen LogP contribution >= 0.6 is 23.1 Å². The molecule has 2 aliphatic rings. The average Bonchev–Trinajstić information content (AvgIpc) is 3.24. The van der Waals surface area contributed by atoms with Gasteiger partial charge in [0.25, 0.3) is 11.8 Å². The van der Waals surface area contributed by atoms with E-state index in [9.17, 15) is 19.8 Å². The number of aliphatic hydroxyl groups is 2. The molecule has 1 aromatic carbocycles. The van der Waals surface area contributed by atoms with Crippen molar-refractivity contribution in [3.05, 3.63) is 58.2 Å². The first-order valence-electron chi connectivity index (χ1n) is 10.9. The molecule has 2 amide bonds. The maximum absolute atomic E-state index is 13.1. The first kappa shape index (κ1) is 25.2. The van der Waals surface area contributed by atoms with E-state index < -0.39 is 23.8 Å². The predicted molar refractivity (Wildman–Crippen MR) is 134 cm³/mol. The van der Waals surface area contributed by atoms with Crippen molar-refractivity contribution < 1.29 is 24.6 Å². The Hall–Kier alpha value is -2.93. The molecule has 2 aromatic rings. The van der Waals surface area contributed by atoms with Crippen LogP contribution in [0.4, 0.5) is 5.13 Å². The van der Waals surface area contributed by atoms with E-state index in [-0.39, 0.29) is 27.8 Å². The zero-order chi connectivity index (χ0) is 25.3. The number of rotatable bonds is 8. The van der Waals surface area contributed by atoms with Gasteiger partial charge in [0.15, 0.2) is 22.7 Å². The number of fused-ring (bicyclic) bond motifs is 1. The Morgan fingerprint density at radius 1 is 1.37 bits per heavy atom. The van der Waals surface area contributed by atoms with Gasteiger partial charge in [0.05, 0.1) is 0 Å². The van der Waals surface area contributed by atoms with Gasteiger partial charge in [-0.3, -0.25) is 14.5 Å². The largest absolute Gasteiger partial charge is 0.384 e. The van der Waals surface area contributed by atoms with E-state index in [1.165, 1.54) is 30.4 Å². The second kappa shape index (κ2) is 9.97. The number of thiazole rings is 1. The number of nitrogen functional groups attached to an aromatic ring is 1. The zero-order valence-corrected chi connectivity index (χ0v) is 21.1. The molecule has 0 radical (unpaired) electrons. The van der Waals surface area contributed by atoms with Gasteiger partial charge in [0, 0.05) is 16.8 Å². The summed E-state index contributed by atoms with van der Waals surface area (Å²) in [6.07, 6.45) is -1.07. The highest BCUT2D eigenvalue weighted by molar-refractivity contribution is 8.00. The third kappa shape index (κ3) is 5.20. The van der Waals surface area contributed by atoms with E-state index in [2.05, 4.69) is 27.6 Å². The molecule has 12 heteroatoms. The number of carbonyl (C=O) groups is 2. The molecule has 5 N–H and O–H groups in total. The van der Waals surface area contributed by atoms with E-state index in [1.54, 1.807) is 16.7 Å². The number of aliphatic hydroxyl groups excluding tert-OH is 1. The fourth-order valence-corrected chi connectivity index (χ4v) is 5.65. The number of hydrogen-bond acceptors (Lipinski definition) is 10. The van der Waals surface area contributed by atoms with Crippen molar-refractivity contribution in [2.75, 3.05) is 11.5 Å². The quantitative estimate of drug-likeness (QED) is 0.178. The van der Waals surface area contributed by atoms with Gasteiger partial charge in [-0.1, -0.05) is 35.5 Å². The molecule has 0 saturated carbocycles. The summed E-state index contributed by atoms with van der Waals surface area (Å²) < 4.78 is 0. The Morgan fingerprint density at radius 2 is 2.09 bits per heavy atom. The molecule has 2 aliphatic heterocycles. The number of carbonyl (C=O) groups excluding carboxylic acids is 2. The number of anilines is 1. The van der Waals surface area contributed by atoms with Gasteiger partial charge >= 0.3 is 0 Å². The van der Waals surface area contributed by atoms with Gasteiger partial charge in [-0.2, -0.15) is 0 Å². The van der Waals surface area contributed by atoms with Crippen LogP contribution in [0.5, 0.6) is 0 Å². The number of nitrogens with two attached hydrogens (primary N) is 1. The third-order valence-electron chi connectivity index (χ3n) is 5.87. The molecular formula is C23H27N5O5S2. The molecule has 0 unspecified atom stereocenters. The lowest BCUT2D eigenvalue weighted by Crippen LogP contribution is -2.70. The van der Waals surface area contributed by atoms with Crippen molar-refractivity contribution in [1.82, 2.24) is 15.2 Å². The first-order valence-corrected chi connectivity index (χ1v) is 12.8. The van der Waals surface area contributed by atoms with Crippen molar-refractivity contribution in [2.24, 2.45) is 5.16 Å². The fourth-order valence-electron chi connectivity index (χ4n) is 3.63. The second-order valence-corrected chi connectivity index (χ2v) is 10.8. The lowest BCUT2D eigenvalue weighted by Gasteiger charge is -2.50. The summed E-state index contributed by atoms with van der Waals surface area (Å²) in [6, 6.07) is 9.33. The van der Waals surface area contributed by atoms with Crippen LogP contribution in [0.2, 0.25) is 0 Å². The molecule has 0 aliphatic carbocycles. The number of nitrogens with one attached hydrogen (secondary N) is 1. The van der Waals surface area contributed by atoms with E-state index in [4.69, 9.17) is 10.6 Å². The van der Waals surface area contributed by atoms with Crippen LogP contribution in [-0.2, 0) is 20.8 Å². The SMILES string of the molecule is CC1=C(Cc2ccccc2)CS[C@@H]2[C@H](NC(=O)/C(=N/OC(C)(C)C(O)O)c3csc(N)n3)C(=O)N12. The highest BCUT2D eigenvalue weighted by Gasteiger charge is 2.51. The minimum atomic E-state index is -1.84. The standard InChI is InChI=1S/C23H27N5O5S2/c1-12-14(9-13-7-5-4-6-8-13)10-34-20-17(19(30)28(12)20)26-18(29)16(15-11-35-22(24)25-15)27-33-23(2,3)21(31)32/h4-8,11,17,20-21,31-32H,9-10H2,1-3H3,(H2,24,25)(H,26,29)/b27-16+/t17-,20-/m1/s1. The molecule has 4 rings (SSSR count).